The van der Waals surface area contributed by atoms with E-state index in [-0.39, 0.29) is 81.6 Å². The van der Waals surface area contributed by atoms with E-state index in [1.54, 1.807) is 112 Å². The normalized spacial score (nSPS) is 12.5. The van der Waals surface area contributed by atoms with Crippen molar-refractivity contribution in [2.24, 2.45) is 11.5 Å². The maximum atomic E-state index is 11.7. The van der Waals surface area contributed by atoms with Crippen LogP contribution in [0.1, 0.15) is 244 Å². The molecule has 2 aromatic carbocycles. The molecule has 27 nitrogen and oxygen atoms in total. The van der Waals surface area contributed by atoms with Gasteiger partial charge in [-0.1, -0.05) is 118 Å². The van der Waals surface area contributed by atoms with Crippen LogP contribution < -0.4 is 57.4 Å². The van der Waals surface area contributed by atoms with Gasteiger partial charge >= 0.3 is 0 Å². The highest BCUT2D eigenvalue weighted by Crippen LogP contribution is 2.35. The van der Waals surface area contributed by atoms with Crippen LogP contribution in [0.4, 0.5) is 29.4 Å². The Hall–Kier alpha value is -9.64. The molecule has 10 rings (SSSR count). The zero-order valence-corrected chi connectivity index (χ0v) is 75.9. The summed E-state index contributed by atoms with van der Waals surface area (Å²) in [5, 5.41) is 18.1. The Balaban J connectivity index is 0.000000506. The van der Waals surface area contributed by atoms with Crippen LogP contribution in [0.5, 0.6) is 23.0 Å². The standard InChI is InChI=1S/C26H35N5O3.C17H23ClN4O.C17H25N5O.C10H21NO.C9H13NO2.C7H3Cl2N3.C2H6.CH4.ClH/c1-6-7-12-26(3,13-10-18(2)32)31-24-21-11-14-27-17-22(21)29-25(30-24)28-16-19-8-9-20(33-4)15-23(19)34-5;2*1-4-5-8-17(3,9-6-12(2)23)22-15-13-7-10-19-11-14(13)20-16(18)21-15;1-4-5-7-10(3,11)8-6-9(2)12;1-11-8-4-3-7(6-10)9(5-8)12-2;8-6-4-1-2-10-3-5(4)11-7(9)12-6;1-2;;/h8-9,11,14-15,17H,6-7,10,12-13,16H2,1-5H3,(H2,28,29,30,31);7,10-11H,4-6,8-9H2,1-3H3,(H,20,21,22);7,10-11H,4-6,8-9H2,1-3H3,(H3,18,20,21,22);4-8,11H2,1-3H3;3-5H,6,10H2,1-2H3;1-3H;1-2H3;1H4;1H/t26-;2*17-;10-;;;;;/m1111...../s1. The highest BCUT2D eigenvalue weighted by molar-refractivity contribution is 6.35. The molecule has 10 N–H and O–H groups in total. The second-order valence-corrected chi connectivity index (χ2v) is 30.9. The van der Waals surface area contributed by atoms with Gasteiger partial charge in [0.05, 0.1) is 75.3 Å². The molecule has 0 amide bonds. The van der Waals surface area contributed by atoms with Crippen molar-refractivity contribution in [2.75, 3.05) is 55.4 Å². The van der Waals surface area contributed by atoms with Crippen LogP contribution >= 0.6 is 47.2 Å². The Morgan fingerprint density at radius 3 is 1.18 bits per heavy atom. The van der Waals surface area contributed by atoms with E-state index >= 15 is 0 Å². The fraction of sp³-hybridized carbons (Fsp3) is 0.506. The van der Waals surface area contributed by atoms with Crippen molar-refractivity contribution in [1.29, 1.82) is 0 Å². The van der Waals surface area contributed by atoms with E-state index in [0.717, 1.165) is 163 Å². The summed E-state index contributed by atoms with van der Waals surface area (Å²) in [7, 11) is 6.50. The van der Waals surface area contributed by atoms with Gasteiger partial charge in [0.25, 0.3) is 0 Å². The van der Waals surface area contributed by atoms with Crippen molar-refractivity contribution >= 4 is 143 Å². The van der Waals surface area contributed by atoms with Gasteiger partial charge in [0.1, 0.15) is 68.7 Å². The van der Waals surface area contributed by atoms with Crippen LogP contribution in [-0.4, -0.2) is 134 Å². The number of halogens is 4. The van der Waals surface area contributed by atoms with Crippen LogP contribution in [0.3, 0.4) is 0 Å². The van der Waals surface area contributed by atoms with Crippen LogP contribution in [0, 0.1) is 0 Å². The molecule has 0 spiro atoms. The molecule has 658 valence electrons. The average molecular weight is 1740 g/mol. The van der Waals surface area contributed by atoms with Crippen molar-refractivity contribution in [1.82, 2.24) is 59.8 Å². The van der Waals surface area contributed by atoms with Crippen molar-refractivity contribution in [2.45, 2.75) is 268 Å². The number of hydrogen-bond donors (Lipinski definition) is 7. The fourth-order valence-electron chi connectivity index (χ4n) is 12.2. The Morgan fingerprint density at radius 1 is 0.433 bits per heavy atom. The van der Waals surface area contributed by atoms with Crippen molar-refractivity contribution in [3.05, 3.63) is 137 Å². The van der Waals surface area contributed by atoms with Gasteiger partial charge in [-0.15, -0.1) is 12.4 Å². The topological polar surface area (TPSA) is 386 Å². The number of ketones is 4. The summed E-state index contributed by atoms with van der Waals surface area (Å²) in [6.07, 6.45) is 31.6. The Labute approximate surface area is 731 Å². The molecule has 0 aliphatic heterocycles. The first kappa shape index (κ1) is 106. The minimum Gasteiger partial charge on any atom is -0.497 e. The van der Waals surface area contributed by atoms with E-state index in [2.05, 4.69) is 125 Å². The largest absolute Gasteiger partial charge is 0.497 e. The van der Waals surface area contributed by atoms with Crippen molar-refractivity contribution < 1.29 is 38.1 Å². The number of nitrogen functional groups attached to an aromatic ring is 1. The second kappa shape index (κ2) is 55.3. The number of fused-ring (bicyclic) bond motifs is 4. The first-order valence-electron chi connectivity index (χ1n) is 40.5. The zero-order valence-electron chi connectivity index (χ0n) is 72.9. The number of pyridine rings is 4. The summed E-state index contributed by atoms with van der Waals surface area (Å²) in [5.41, 5.74) is 21.3. The van der Waals surface area contributed by atoms with E-state index in [1.165, 1.54) is 6.42 Å². The molecule has 0 fully saturated rings. The molecule has 31 heteroatoms. The Bertz CT molecular complexity index is 4650. The quantitative estimate of drug-likeness (QED) is 0.0140. The molecule has 0 bridgehead atoms. The van der Waals surface area contributed by atoms with Crippen molar-refractivity contribution in [3.63, 3.8) is 0 Å². The Kier molecular flexibility index (Phi) is 49.1. The smallest absolute Gasteiger partial charge is 0.225 e. The first-order valence-corrected chi connectivity index (χ1v) is 41.6. The molecule has 8 heterocycles. The number of aromatic nitrogens is 12. The lowest BCUT2D eigenvalue weighted by atomic mass is 9.88. The third-order valence-electron chi connectivity index (χ3n) is 19.3. The number of ether oxygens (including phenoxy) is 4. The number of benzene rings is 2. The number of carbonyl (C=O) groups excluding carboxylic acids is 4. The molecule has 4 atom stereocenters. The summed E-state index contributed by atoms with van der Waals surface area (Å²) in [5.74, 6) is 6.69. The molecule has 0 aliphatic carbocycles. The van der Waals surface area contributed by atoms with E-state index in [4.69, 9.17) is 75.9 Å². The molecule has 0 radical (unpaired) electrons. The van der Waals surface area contributed by atoms with Gasteiger partial charge in [0.15, 0.2) is 0 Å². The van der Waals surface area contributed by atoms with Gasteiger partial charge in [-0.25, -0.2) is 29.9 Å². The van der Waals surface area contributed by atoms with Crippen LogP contribution in [0.2, 0.25) is 15.7 Å². The lowest BCUT2D eigenvalue weighted by Gasteiger charge is -2.32. The van der Waals surface area contributed by atoms with E-state index in [0.29, 0.717) is 78.1 Å². The lowest BCUT2D eigenvalue weighted by Crippen LogP contribution is -2.36. The first-order chi connectivity index (χ1) is 56.3. The highest BCUT2D eigenvalue weighted by atomic mass is 35.5. The highest BCUT2D eigenvalue weighted by Gasteiger charge is 2.29. The minimum atomic E-state index is -0.261. The number of rotatable bonds is 38. The van der Waals surface area contributed by atoms with Crippen molar-refractivity contribution in [3.8, 4) is 23.0 Å². The second-order valence-electron chi connectivity index (χ2n) is 29.9. The molecule has 0 saturated heterocycles. The molecule has 8 aromatic heterocycles. The number of nitrogens with one attached hydrogen (secondary N) is 4. The lowest BCUT2D eigenvalue weighted by molar-refractivity contribution is -0.118. The number of methoxy groups -OCH3 is 4. The Morgan fingerprint density at radius 2 is 0.783 bits per heavy atom. The van der Waals surface area contributed by atoms with E-state index < -0.39 is 0 Å². The summed E-state index contributed by atoms with van der Waals surface area (Å²) in [4.78, 5) is 95.8. The molecule has 0 aliphatic rings. The van der Waals surface area contributed by atoms with Gasteiger partial charge < -0.3 is 76.6 Å². The number of Topliss-reactive ketones (excluding diaryl/α,β-unsaturated/α-hetero) is 4. The van der Waals surface area contributed by atoms with E-state index in [9.17, 15) is 19.2 Å². The van der Waals surface area contributed by atoms with Gasteiger partial charge in [0.2, 0.25) is 22.5 Å². The van der Waals surface area contributed by atoms with Crippen LogP contribution in [0.25, 0.3) is 43.6 Å². The number of anilines is 5. The maximum Gasteiger partial charge on any atom is 0.225 e. The SMILES string of the molecule is C.CC.CCCC[C@@](C)(N)CCC(C)=O.CCCC[C@](C)(CCC(C)=O)Nc1nc(Cl)nc2cnccc12.CCCC[C@](C)(CCC(C)=O)Nc1nc(N)nc2cnccc12.CCCC[C@](C)(CCC(C)=O)Nc1nc(NCc2ccc(OC)cc2OC)nc2cnccc12.COc1ccc(CN)c(OC)c1.Cl.Clc1nc(Cl)c2ccncc2n1. The van der Waals surface area contributed by atoms with E-state index in [1.807, 2.05) is 75.4 Å². The molecule has 0 unspecified atom stereocenters. The third-order valence-corrected chi connectivity index (χ3v) is 19.9. The number of nitrogens with zero attached hydrogens (tertiary/aromatic N) is 12. The number of unbranched alkanes of at least 4 members (excludes halogenated alkanes) is 4. The third kappa shape index (κ3) is 37.6. The van der Waals surface area contributed by atoms with Gasteiger partial charge in [-0.2, -0.15) is 9.97 Å². The van der Waals surface area contributed by atoms with Crippen LogP contribution in [0.15, 0.2) is 110 Å². The number of hydrogen-bond acceptors (Lipinski definition) is 27. The van der Waals surface area contributed by atoms with Gasteiger partial charge in [-0.3, -0.25) is 19.9 Å². The molecule has 10 aromatic rings. The number of nitrogens with two attached hydrogens (primary N) is 3. The molecular weight excluding hydrogens is 1600 g/mol. The predicted octanol–water partition coefficient (Wildman–Crippen LogP) is 21.0. The summed E-state index contributed by atoms with van der Waals surface area (Å²) in [6.45, 7) is 28.6. The monoisotopic (exact) mass is 1730 g/mol. The summed E-state index contributed by atoms with van der Waals surface area (Å²) in [6, 6.07) is 18.7. The number of carbonyl (C=O) groups is 4. The average Bonchev–Trinajstić information content (AvgIpc) is 0.805. The molecule has 0 saturated carbocycles. The summed E-state index contributed by atoms with van der Waals surface area (Å²) >= 11 is 17.4. The molecular formula is C89H131Cl4N19O8. The maximum absolute atomic E-state index is 11.7. The summed E-state index contributed by atoms with van der Waals surface area (Å²) < 4.78 is 20.9. The minimum absolute atomic E-state index is 0. The zero-order chi connectivity index (χ0) is 87.4. The van der Waals surface area contributed by atoms with Gasteiger partial charge in [-0.05, 0) is 172 Å². The molecule has 120 heavy (non-hydrogen) atoms. The predicted molar refractivity (Wildman–Crippen MR) is 495 cm³/mol. The van der Waals surface area contributed by atoms with Gasteiger partial charge in [0, 0.05) is 131 Å². The van der Waals surface area contributed by atoms with Crippen LogP contribution in [-0.2, 0) is 32.3 Å². The fourth-order valence-corrected chi connectivity index (χ4v) is 12.9.